The van der Waals surface area contributed by atoms with E-state index in [9.17, 15) is 0 Å². The molecule has 0 aliphatic heterocycles. The third kappa shape index (κ3) is 4.91. The van der Waals surface area contributed by atoms with Gasteiger partial charge in [0.25, 0.3) is 0 Å². The summed E-state index contributed by atoms with van der Waals surface area (Å²) in [6, 6.07) is 0. The van der Waals surface area contributed by atoms with Crippen molar-refractivity contribution in [1.29, 1.82) is 0 Å². The Bertz CT molecular complexity index is 125. The SMILES string of the molecule is C=C[CH2][Hf]([Br])([CH2]C=C)[CH2]C=C. The zero-order valence-electron chi connectivity index (χ0n) is 6.85. The van der Waals surface area contributed by atoms with Gasteiger partial charge in [0.1, 0.15) is 0 Å². The minimum atomic E-state index is -2.13. The molecule has 0 unspecified atom stereocenters. The molecular weight excluding hydrogens is 366 g/mol. The van der Waals surface area contributed by atoms with Crippen LogP contribution >= 0.6 is 12.3 Å². The molecule has 0 rings (SSSR count). The van der Waals surface area contributed by atoms with Gasteiger partial charge in [-0.2, -0.15) is 0 Å². The van der Waals surface area contributed by atoms with Crippen LogP contribution in [-0.4, -0.2) is 0 Å². The Labute approximate surface area is 79.9 Å². The Morgan fingerprint density at radius 2 is 1.18 bits per heavy atom. The first-order valence-corrected chi connectivity index (χ1v) is 19.2. The van der Waals surface area contributed by atoms with Crippen molar-refractivity contribution in [3.8, 4) is 0 Å². The molecule has 0 spiro atoms. The van der Waals surface area contributed by atoms with Gasteiger partial charge in [0, 0.05) is 0 Å². The molecule has 0 saturated carbocycles. The quantitative estimate of drug-likeness (QED) is 0.476. The first-order valence-electron chi connectivity index (χ1n) is 3.70. The van der Waals surface area contributed by atoms with E-state index in [1.165, 1.54) is 12.5 Å². The van der Waals surface area contributed by atoms with E-state index in [1.54, 1.807) is 0 Å². The Hall–Kier alpha value is 0.570. The van der Waals surface area contributed by atoms with Gasteiger partial charge in [-0.3, -0.25) is 0 Å². The summed E-state index contributed by atoms with van der Waals surface area (Å²) < 4.78 is 3.51. The van der Waals surface area contributed by atoms with Crippen molar-refractivity contribution < 1.29 is 17.6 Å². The molecule has 0 aromatic rings. The summed E-state index contributed by atoms with van der Waals surface area (Å²) in [6.07, 6.45) is 6.05. The molecule has 0 aliphatic carbocycles. The summed E-state index contributed by atoms with van der Waals surface area (Å²) in [4.78, 5) is 0. The number of allylic oxidation sites excluding steroid dienone is 3. The van der Waals surface area contributed by atoms with Gasteiger partial charge in [-0.15, -0.1) is 0 Å². The van der Waals surface area contributed by atoms with E-state index in [0.29, 0.717) is 0 Å². The molecule has 0 fully saturated rings. The van der Waals surface area contributed by atoms with E-state index in [4.69, 9.17) is 0 Å². The number of hydrogen-bond donors (Lipinski definition) is 0. The van der Waals surface area contributed by atoms with Gasteiger partial charge in [-0.05, 0) is 0 Å². The van der Waals surface area contributed by atoms with Crippen molar-refractivity contribution in [3.05, 3.63) is 38.0 Å². The van der Waals surface area contributed by atoms with E-state index < -0.39 is 17.6 Å². The van der Waals surface area contributed by atoms with Crippen LogP contribution in [-0.2, 0) is 17.6 Å². The summed E-state index contributed by atoms with van der Waals surface area (Å²) in [5.41, 5.74) is 0. The van der Waals surface area contributed by atoms with Crippen molar-refractivity contribution >= 4 is 12.3 Å². The Morgan fingerprint density at radius 3 is 1.36 bits per heavy atom. The molecule has 0 N–H and O–H groups in total. The Kier molecular flexibility index (Phi) is 6.44. The molecule has 0 saturated heterocycles. The van der Waals surface area contributed by atoms with Crippen molar-refractivity contribution in [2.45, 2.75) is 12.5 Å². The summed E-state index contributed by atoms with van der Waals surface area (Å²) >= 11 is 1.74. The number of hydrogen-bond acceptors (Lipinski definition) is 0. The summed E-state index contributed by atoms with van der Waals surface area (Å²) in [5, 5.41) is 0. The molecule has 0 radical (unpaired) electrons. The molecule has 62 valence electrons. The van der Waals surface area contributed by atoms with E-state index >= 15 is 0 Å². The van der Waals surface area contributed by atoms with Gasteiger partial charge < -0.3 is 0 Å². The maximum absolute atomic E-state index is 3.87. The van der Waals surface area contributed by atoms with Crippen LogP contribution in [0.15, 0.2) is 38.0 Å². The maximum atomic E-state index is 3.87. The average molecular weight is 382 g/mol. The first-order chi connectivity index (χ1) is 5.18. The second-order valence-electron chi connectivity index (χ2n) is 2.63. The first kappa shape index (κ1) is 11.6. The monoisotopic (exact) mass is 382 g/mol. The van der Waals surface area contributed by atoms with Crippen molar-refractivity contribution in [1.82, 2.24) is 0 Å². The molecule has 0 aliphatic rings. The van der Waals surface area contributed by atoms with Gasteiger partial charge in [-0.25, -0.2) is 0 Å². The predicted molar refractivity (Wildman–Crippen MR) is 53.9 cm³/mol. The molecule has 11 heavy (non-hydrogen) atoms. The summed E-state index contributed by atoms with van der Waals surface area (Å²) in [6.45, 7) is 11.3. The third-order valence-electron chi connectivity index (χ3n) is 1.53. The average Bonchev–Trinajstić information content (AvgIpc) is 1.88. The van der Waals surface area contributed by atoms with E-state index in [0.717, 1.165) is 0 Å². The van der Waals surface area contributed by atoms with Crippen LogP contribution in [0.3, 0.4) is 0 Å². The van der Waals surface area contributed by atoms with Crippen LogP contribution in [0.5, 0.6) is 0 Å². The van der Waals surface area contributed by atoms with Crippen LogP contribution in [0.4, 0.5) is 0 Å². The minimum absolute atomic E-state index is 1.17. The van der Waals surface area contributed by atoms with Crippen LogP contribution in [0, 0.1) is 0 Å². The van der Waals surface area contributed by atoms with Gasteiger partial charge in [0.2, 0.25) is 0 Å². The number of rotatable bonds is 6. The fraction of sp³-hybridized carbons (Fsp3) is 0.333. The Morgan fingerprint density at radius 1 is 0.909 bits per heavy atom. The van der Waals surface area contributed by atoms with E-state index in [-0.39, 0.29) is 0 Å². The standard InChI is InChI=1S/3C3H5.BrH.Hf/c3*1-3-2;;/h3*3H,1-2H2;1H;/q;;;;+1/p-1. The van der Waals surface area contributed by atoms with Gasteiger partial charge in [0.15, 0.2) is 0 Å². The van der Waals surface area contributed by atoms with Crippen LogP contribution < -0.4 is 0 Å². The molecule has 0 aromatic heterocycles. The zero-order chi connectivity index (χ0) is 8.74. The second kappa shape index (κ2) is 6.13. The second-order valence-corrected chi connectivity index (χ2v) is 29.1. The van der Waals surface area contributed by atoms with Crippen molar-refractivity contribution in [2.75, 3.05) is 0 Å². The van der Waals surface area contributed by atoms with Gasteiger partial charge >= 0.3 is 80.4 Å². The normalized spacial score (nSPS) is 10.6. The molecule has 0 atom stereocenters. The van der Waals surface area contributed by atoms with Crippen molar-refractivity contribution in [3.63, 3.8) is 0 Å². The van der Waals surface area contributed by atoms with E-state index in [2.05, 4.69) is 32.0 Å². The molecule has 0 aromatic carbocycles. The Balaban J connectivity index is 4.09. The fourth-order valence-corrected chi connectivity index (χ4v) is 14.0. The predicted octanol–water partition coefficient (Wildman–Crippen LogP) is 4.26. The zero-order valence-corrected chi connectivity index (χ0v) is 12.0. The molecule has 2 heteroatoms. The number of halogens is 1. The molecule has 0 bridgehead atoms. The van der Waals surface area contributed by atoms with Gasteiger partial charge in [0.05, 0.1) is 0 Å². The molecular formula is C9H15BrHf. The topological polar surface area (TPSA) is 0 Å². The van der Waals surface area contributed by atoms with Crippen LogP contribution in [0.2, 0.25) is 12.5 Å². The van der Waals surface area contributed by atoms with E-state index in [1.807, 2.05) is 18.2 Å². The van der Waals surface area contributed by atoms with Crippen LogP contribution in [0.1, 0.15) is 0 Å². The van der Waals surface area contributed by atoms with Crippen LogP contribution in [0.25, 0.3) is 0 Å². The molecule has 0 amide bonds. The molecule has 0 nitrogen and oxygen atoms in total. The summed E-state index contributed by atoms with van der Waals surface area (Å²) in [7, 11) is 0. The van der Waals surface area contributed by atoms with Gasteiger partial charge in [-0.1, -0.05) is 0 Å². The summed E-state index contributed by atoms with van der Waals surface area (Å²) in [5.74, 6) is 0. The fourth-order valence-electron chi connectivity index (χ4n) is 1.03. The van der Waals surface area contributed by atoms with Crippen molar-refractivity contribution in [2.24, 2.45) is 0 Å². The molecule has 0 heterocycles. The third-order valence-corrected chi connectivity index (χ3v) is 20.5.